The van der Waals surface area contributed by atoms with Crippen molar-refractivity contribution in [2.45, 2.75) is 19.9 Å². The van der Waals surface area contributed by atoms with E-state index >= 15 is 0 Å². The maximum atomic E-state index is 5.90. The highest BCUT2D eigenvalue weighted by molar-refractivity contribution is 9.10. The maximum Gasteiger partial charge on any atom is 0.169 e. The van der Waals surface area contributed by atoms with E-state index in [1.54, 1.807) is 7.11 Å². The van der Waals surface area contributed by atoms with E-state index in [0.717, 1.165) is 23.5 Å². The van der Waals surface area contributed by atoms with Gasteiger partial charge in [-0.25, -0.2) is 0 Å². The van der Waals surface area contributed by atoms with E-state index in [-0.39, 0.29) is 6.04 Å². The lowest BCUT2D eigenvalue weighted by molar-refractivity contribution is 0.103. The molecule has 1 aromatic rings. The minimum Gasteiger partial charge on any atom is -0.453 e. The Morgan fingerprint density at radius 1 is 1.44 bits per heavy atom. The second kappa shape index (κ2) is 7.94. The third kappa shape index (κ3) is 4.72. The van der Waals surface area contributed by atoms with Crippen LogP contribution in [0.2, 0.25) is 0 Å². The number of nitrogens with two attached hydrogens (primary N) is 1. The Labute approximate surface area is 118 Å². The zero-order valence-electron chi connectivity index (χ0n) is 11.4. The molecule has 0 aliphatic rings. The minimum atomic E-state index is 0.105. The van der Waals surface area contributed by atoms with E-state index in [2.05, 4.69) is 34.7 Å². The normalized spacial score (nSPS) is 13.5. The average molecular weight is 319 g/mol. The fourth-order valence-electron chi connectivity index (χ4n) is 2.00. The molecule has 0 bridgehead atoms. The zero-order chi connectivity index (χ0) is 13.5. The number of furan rings is 1. The maximum absolute atomic E-state index is 5.90. The second-order valence-electron chi connectivity index (χ2n) is 4.77. The Morgan fingerprint density at radius 3 is 2.61 bits per heavy atom. The minimum absolute atomic E-state index is 0.105. The first-order valence-corrected chi connectivity index (χ1v) is 7.06. The number of nitrogens with zero attached hydrogens (tertiary/aromatic N) is 1. The van der Waals surface area contributed by atoms with E-state index < -0.39 is 0 Å². The van der Waals surface area contributed by atoms with Crippen LogP contribution in [0.3, 0.4) is 0 Å². The molecule has 1 atom stereocenters. The Bertz CT molecular complexity index is 341. The molecule has 0 saturated carbocycles. The van der Waals surface area contributed by atoms with E-state index in [4.69, 9.17) is 14.9 Å². The number of ether oxygens (including phenoxy) is 1. The number of rotatable bonds is 8. The third-order valence-corrected chi connectivity index (χ3v) is 3.19. The summed E-state index contributed by atoms with van der Waals surface area (Å²) in [5.41, 5.74) is 5.90. The quantitative estimate of drug-likeness (QED) is 0.800. The zero-order valence-corrected chi connectivity index (χ0v) is 12.9. The van der Waals surface area contributed by atoms with Gasteiger partial charge in [-0.15, -0.1) is 0 Å². The van der Waals surface area contributed by atoms with E-state index in [0.29, 0.717) is 19.1 Å². The predicted molar refractivity (Wildman–Crippen MR) is 76.5 cm³/mol. The summed E-state index contributed by atoms with van der Waals surface area (Å²) in [6.07, 6.45) is 0. The fourth-order valence-corrected chi connectivity index (χ4v) is 2.32. The van der Waals surface area contributed by atoms with Gasteiger partial charge in [-0.3, -0.25) is 4.90 Å². The molecule has 0 aliphatic carbocycles. The standard InChI is InChI=1S/C13H23BrN2O2/c1-10(2)9-16(6-7-17-3)11(8-15)12-4-5-13(14)18-12/h4-5,10-11H,6-9,15H2,1-3H3. The van der Waals surface area contributed by atoms with Crippen LogP contribution >= 0.6 is 15.9 Å². The molecule has 2 N–H and O–H groups in total. The molecule has 4 nitrogen and oxygen atoms in total. The molecule has 1 rings (SSSR count). The lowest BCUT2D eigenvalue weighted by atomic mass is 10.1. The predicted octanol–water partition coefficient (Wildman–Crippen LogP) is 2.65. The van der Waals surface area contributed by atoms with E-state index in [1.165, 1.54) is 0 Å². The van der Waals surface area contributed by atoms with Gasteiger partial charge in [0, 0.05) is 26.7 Å². The summed E-state index contributed by atoms with van der Waals surface area (Å²) in [7, 11) is 1.72. The van der Waals surface area contributed by atoms with Crippen molar-refractivity contribution in [2.24, 2.45) is 11.7 Å². The van der Waals surface area contributed by atoms with Gasteiger partial charge >= 0.3 is 0 Å². The summed E-state index contributed by atoms with van der Waals surface area (Å²) in [6, 6.07) is 3.98. The van der Waals surface area contributed by atoms with Gasteiger partial charge in [0.25, 0.3) is 0 Å². The van der Waals surface area contributed by atoms with Gasteiger partial charge in [-0.2, -0.15) is 0 Å². The second-order valence-corrected chi connectivity index (χ2v) is 5.56. The Balaban J connectivity index is 2.78. The highest BCUT2D eigenvalue weighted by Crippen LogP contribution is 2.25. The lowest BCUT2D eigenvalue weighted by Crippen LogP contribution is -2.38. The van der Waals surface area contributed by atoms with Crippen LogP contribution in [0, 0.1) is 5.92 Å². The van der Waals surface area contributed by atoms with Crippen molar-refractivity contribution < 1.29 is 9.15 Å². The number of halogens is 1. The summed E-state index contributed by atoms with van der Waals surface area (Å²) in [5, 5.41) is 0. The molecule has 0 aromatic carbocycles. The topological polar surface area (TPSA) is 51.6 Å². The Morgan fingerprint density at radius 2 is 2.17 bits per heavy atom. The first-order valence-electron chi connectivity index (χ1n) is 6.26. The van der Waals surface area contributed by atoms with Crippen LogP contribution in [0.4, 0.5) is 0 Å². The van der Waals surface area contributed by atoms with Crippen LogP contribution in [0.5, 0.6) is 0 Å². The van der Waals surface area contributed by atoms with E-state index in [9.17, 15) is 0 Å². The first-order chi connectivity index (χ1) is 8.58. The molecule has 18 heavy (non-hydrogen) atoms. The lowest BCUT2D eigenvalue weighted by Gasteiger charge is -2.30. The summed E-state index contributed by atoms with van der Waals surface area (Å²) in [4.78, 5) is 2.32. The largest absolute Gasteiger partial charge is 0.453 e. The highest BCUT2D eigenvalue weighted by atomic mass is 79.9. The van der Waals surface area contributed by atoms with Crippen molar-refractivity contribution in [2.75, 3.05) is 33.4 Å². The van der Waals surface area contributed by atoms with Crippen molar-refractivity contribution in [3.05, 3.63) is 22.6 Å². The Hall–Kier alpha value is -0.360. The van der Waals surface area contributed by atoms with Crippen LogP contribution < -0.4 is 5.73 Å². The number of hydrogen-bond donors (Lipinski definition) is 1. The summed E-state index contributed by atoms with van der Waals surface area (Å²) in [5.74, 6) is 1.48. The van der Waals surface area contributed by atoms with Crippen molar-refractivity contribution >= 4 is 15.9 Å². The highest BCUT2D eigenvalue weighted by Gasteiger charge is 2.22. The molecule has 1 aromatic heterocycles. The molecule has 5 heteroatoms. The van der Waals surface area contributed by atoms with Crippen molar-refractivity contribution in [3.8, 4) is 0 Å². The van der Waals surface area contributed by atoms with Crippen LogP contribution in [-0.4, -0.2) is 38.3 Å². The molecular weight excluding hydrogens is 296 g/mol. The Kier molecular flexibility index (Phi) is 6.92. The monoisotopic (exact) mass is 318 g/mol. The van der Waals surface area contributed by atoms with Crippen molar-refractivity contribution in [3.63, 3.8) is 0 Å². The molecule has 0 radical (unpaired) electrons. The van der Waals surface area contributed by atoms with Crippen LogP contribution in [0.1, 0.15) is 25.6 Å². The molecule has 0 fully saturated rings. The van der Waals surface area contributed by atoms with Crippen molar-refractivity contribution in [1.29, 1.82) is 0 Å². The molecule has 0 amide bonds. The summed E-state index contributed by atoms with van der Waals surface area (Å²) in [6.45, 7) is 7.47. The molecule has 0 aliphatic heterocycles. The summed E-state index contributed by atoms with van der Waals surface area (Å²) < 4.78 is 11.5. The van der Waals surface area contributed by atoms with Gasteiger partial charge in [0.2, 0.25) is 0 Å². The van der Waals surface area contributed by atoms with Gasteiger partial charge in [0.1, 0.15) is 5.76 Å². The van der Waals surface area contributed by atoms with Gasteiger partial charge in [-0.05, 0) is 34.0 Å². The average Bonchev–Trinajstić information content (AvgIpc) is 2.72. The smallest absolute Gasteiger partial charge is 0.169 e. The molecule has 1 unspecified atom stereocenters. The SMILES string of the molecule is COCCN(CC(C)C)C(CN)c1ccc(Br)o1. The van der Waals surface area contributed by atoms with E-state index in [1.807, 2.05) is 12.1 Å². The van der Waals surface area contributed by atoms with Gasteiger partial charge in [-0.1, -0.05) is 13.8 Å². The first kappa shape index (κ1) is 15.7. The van der Waals surface area contributed by atoms with Gasteiger partial charge < -0.3 is 14.9 Å². The fraction of sp³-hybridized carbons (Fsp3) is 0.692. The molecule has 1 heterocycles. The van der Waals surface area contributed by atoms with Crippen molar-refractivity contribution in [1.82, 2.24) is 4.90 Å². The molecule has 0 spiro atoms. The summed E-state index contributed by atoms with van der Waals surface area (Å²) >= 11 is 3.33. The number of methoxy groups -OCH3 is 1. The molecular formula is C13H23BrN2O2. The third-order valence-electron chi connectivity index (χ3n) is 2.77. The van der Waals surface area contributed by atoms with Crippen LogP contribution in [-0.2, 0) is 4.74 Å². The molecule has 104 valence electrons. The number of hydrogen-bond acceptors (Lipinski definition) is 4. The molecule has 0 saturated heterocycles. The van der Waals surface area contributed by atoms with Crippen LogP contribution in [0.25, 0.3) is 0 Å². The van der Waals surface area contributed by atoms with Gasteiger partial charge in [0.05, 0.1) is 12.6 Å². The van der Waals surface area contributed by atoms with Gasteiger partial charge in [0.15, 0.2) is 4.67 Å². The van der Waals surface area contributed by atoms with Crippen LogP contribution in [0.15, 0.2) is 21.2 Å².